The zero-order valence-electron chi connectivity index (χ0n) is 10.4. The maximum Gasteiger partial charge on any atom is 0.117 e. The molecule has 0 aromatic heterocycles. The molecule has 0 spiro atoms. The Morgan fingerprint density at radius 2 is 2.50 bits per heavy atom. The molecule has 3 heteroatoms. The summed E-state index contributed by atoms with van der Waals surface area (Å²) in [6.45, 7) is 4.78. The van der Waals surface area contributed by atoms with Crippen molar-refractivity contribution in [1.29, 1.82) is 0 Å². The van der Waals surface area contributed by atoms with Gasteiger partial charge < -0.3 is 14.8 Å². The van der Waals surface area contributed by atoms with Crippen molar-refractivity contribution in [2.24, 2.45) is 0 Å². The Morgan fingerprint density at radius 3 is 3.12 bits per heavy atom. The SMILES string of the molecule is CC/C(=C/C1CCC=CO1)CNCCOC. The number of ether oxygens (including phenoxy) is 2. The second-order valence-electron chi connectivity index (χ2n) is 3.97. The Hall–Kier alpha value is -0.800. The minimum atomic E-state index is 0.268. The summed E-state index contributed by atoms with van der Waals surface area (Å²) in [5.41, 5.74) is 1.41. The van der Waals surface area contributed by atoms with Crippen LogP contribution in [0.15, 0.2) is 24.0 Å². The molecule has 16 heavy (non-hydrogen) atoms. The van der Waals surface area contributed by atoms with Gasteiger partial charge in [0.05, 0.1) is 12.9 Å². The highest BCUT2D eigenvalue weighted by Gasteiger charge is 2.08. The van der Waals surface area contributed by atoms with Crippen LogP contribution in [0.5, 0.6) is 0 Å². The van der Waals surface area contributed by atoms with Gasteiger partial charge in [-0.15, -0.1) is 0 Å². The molecule has 1 rings (SSSR count). The largest absolute Gasteiger partial charge is 0.494 e. The van der Waals surface area contributed by atoms with Crippen LogP contribution in [0, 0.1) is 0 Å². The first-order valence-corrected chi connectivity index (χ1v) is 6.06. The second kappa shape index (κ2) is 8.36. The van der Waals surface area contributed by atoms with Crippen LogP contribution in [-0.2, 0) is 9.47 Å². The first kappa shape index (κ1) is 13.3. The zero-order valence-corrected chi connectivity index (χ0v) is 10.4. The summed E-state index contributed by atoms with van der Waals surface area (Å²) in [7, 11) is 1.72. The smallest absolute Gasteiger partial charge is 0.117 e. The first-order valence-electron chi connectivity index (χ1n) is 6.06. The lowest BCUT2D eigenvalue weighted by molar-refractivity contribution is 0.164. The summed E-state index contributed by atoms with van der Waals surface area (Å²) in [4.78, 5) is 0. The van der Waals surface area contributed by atoms with Crippen LogP contribution < -0.4 is 5.32 Å². The fourth-order valence-electron chi connectivity index (χ4n) is 1.66. The van der Waals surface area contributed by atoms with Gasteiger partial charge in [0.15, 0.2) is 0 Å². The molecule has 0 saturated carbocycles. The highest BCUT2D eigenvalue weighted by Crippen LogP contribution is 2.14. The van der Waals surface area contributed by atoms with E-state index in [2.05, 4.69) is 24.4 Å². The number of rotatable bonds is 7. The third kappa shape index (κ3) is 5.33. The first-order chi connectivity index (χ1) is 7.86. The van der Waals surface area contributed by atoms with Crippen LogP contribution in [0.2, 0.25) is 0 Å². The number of nitrogens with one attached hydrogen (secondary N) is 1. The van der Waals surface area contributed by atoms with Crippen LogP contribution >= 0.6 is 0 Å². The van der Waals surface area contributed by atoms with Crippen LogP contribution in [0.1, 0.15) is 26.2 Å². The van der Waals surface area contributed by atoms with Gasteiger partial charge >= 0.3 is 0 Å². The minimum absolute atomic E-state index is 0.268. The lowest BCUT2D eigenvalue weighted by atomic mass is 10.1. The van der Waals surface area contributed by atoms with E-state index in [0.717, 1.165) is 39.0 Å². The molecule has 0 aliphatic carbocycles. The van der Waals surface area contributed by atoms with Crippen LogP contribution in [0.25, 0.3) is 0 Å². The Balaban J connectivity index is 2.28. The van der Waals surface area contributed by atoms with Crippen molar-refractivity contribution >= 4 is 0 Å². The van der Waals surface area contributed by atoms with Crippen molar-refractivity contribution in [1.82, 2.24) is 5.32 Å². The highest BCUT2D eigenvalue weighted by molar-refractivity contribution is 5.08. The van der Waals surface area contributed by atoms with Gasteiger partial charge in [0.2, 0.25) is 0 Å². The fourth-order valence-corrected chi connectivity index (χ4v) is 1.66. The van der Waals surface area contributed by atoms with Crippen molar-refractivity contribution < 1.29 is 9.47 Å². The summed E-state index contributed by atoms with van der Waals surface area (Å²) < 4.78 is 10.5. The summed E-state index contributed by atoms with van der Waals surface area (Å²) in [5, 5.41) is 3.36. The van der Waals surface area contributed by atoms with E-state index in [0.29, 0.717) is 0 Å². The third-order valence-electron chi connectivity index (χ3n) is 2.68. The van der Waals surface area contributed by atoms with E-state index in [-0.39, 0.29) is 6.10 Å². The molecular weight excluding hydrogens is 202 g/mol. The van der Waals surface area contributed by atoms with Gasteiger partial charge in [0.1, 0.15) is 6.10 Å². The van der Waals surface area contributed by atoms with E-state index in [1.165, 1.54) is 5.57 Å². The van der Waals surface area contributed by atoms with Gasteiger partial charge in [-0.05, 0) is 31.4 Å². The van der Waals surface area contributed by atoms with Gasteiger partial charge in [0.25, 0.3) is 0 Å². The van der Waals surface area contributed by atoms with Crippen molar-refractivity contribution in [2.45, 2.75) is 32.3 Å². The topological polar surface area (TPSA) is 30.5 Å². The van der Waals surface area contributed by atoms with E-state index in [1.54, 1.807) is 7.11 Å². The maximum absolute atomic E-state index is 5.53. The Morgan fingerprint density at radius 1 is 1.62 bits per heavy atom. The number of methoxy groups -OCH3 is 1. The van der Waals surface area contributed by atoms with Gasteiger partial charge in [-0.2, -0.15) is 0 Å². The van der Waals surface area contributed by atoms with E-state index in [1.807, 2.05) is 6.26 Å². The van der Waals surface area contributed by atoms with E-state index in [4.69, 9.17) is 9.47 Å². The molecule has 0 bridgehead atoms. The molecule has 1 unspecified atom stereocenters. The van der Waals surface area contributed by atoms with E-state index >= 15 is 0 Å². The molecule has 0 aromatic carbocycles. The lowest BCUT2D eigenvalue weighted by Gasteiger charge is -2.17. The standard InChI is InChI=1S/C13H23NO2/c1-3-12(11-14-7-9-15-2)10-13-6-4-5-8-16-13/h5,8,10,13-14H,3-4,6-7,9,11H2,1-2H3/b12-10-. The molecule has 1 atom stereocenters. The minimum Gasteiger partial charge on any atom is -0.494 e. The molecule has 0 saturated heterocycles. The van der Waals surface area contributed by atoms with Gasteiger partial charge in [-0.25, -0.2) is 0 Å². The molecule has 1 heterocycles. The molecule has 0 amide bonds. The summed E-state index contributed by atoms with van der Waals surface area (Å²) in [6, 6.07) is 0. The molecule has 1 aliphatic heterocycles. The van der Waals surface area contributed by atoms with Crippen LogP contribution in [-0.4, -0.2) is 32.9 Å². The predicted octanol–water partition coefficient (Wildman–Crippen LogP) is 2.25. The lowest BCUT2D eigenvalue weighted by Crippen LogP contribution is -2.22. The van der Waals surface area contributed by atoms with Crippen molar-refractivity contribution in [3.63, 3.8) is 0 Å². The Bertz CT molecular complexity index is 236. The summed E-state index contributed by atoms with van der Waals surface area (Å²) in [5.74, 6) is 0. The summed E-state index contributed by atoms with van der Waals surface area (Å²) in [6.07, 6.45) is 9.70. The molecule has 1 aliphatic rings. The molecule has 0 aromatic rings. The third-order valence-corrected chi connectivity index (χ3v) is 2.68. The molecule has 0 radical (unpaired) electrons. The summed E-state index contributed by atoms with van der Waals surface area (Å²) >= 11 is 0. The molecule has 0 fully saturated rings. The number of hydrogen-bond donors (Lipinski definition) is 1. The van der Waals surface area contributed by atoms with Gasteiger partial charge in [0, 0.05) is 20.2 Å². The fraction of sp³-hybridized carbons (Fsp3) is 0.692. The normalized spacial score (nSPS) is 20.9. The Labute approximate surface area is 98.5 Å². The molecule has 1 N–H and O–H groups in total. The van der Waals surface area contributed by atoms with Crippen molar-refractivity contribution in [3.8, 4) is 0 Å². The average molecular weight is 225 g/mol. The molecular formula is C13H23NO2. The van der Waals surface area contributed by atoms with E-state index < -0.39 is 0 Å². The second-order valence-corrected chi connectivity index (χ2v) is 3.97. The molecule has 92 valence electrons. The van der Waals surface area contributed by atoms with Gasteiger partial charge in [-0.3, -0.25) is 0 Å². The van der Waals surface area contributed by atoms with Crippen molar-refractivity contribution in [2.75, 3.05) is 26.8 Å². The van der Waals surface area contributed by atoms with Crippen LogP contribution in [0.4, 0.5) is 0 Å². The number of allylic oxidation sites excluding steroid dienone is 1. The van der Waals surface area contributed by atoms with Gasteiger partial charge in [-0.1, -0.05) is 12.5 Å². The maximum atomic E-state index is 5.53. The Kier molecular flexibility index (Phi) is 6.93. The molecule has 3 nitrogen and oxygen atoms in total. The highest BCUT2D eigenvalue weighted by atomic mass is 16.5. The average Bonchev–Trinajstić information content (AvgIpc) is 2.34. The van der Waals surface area contributed by atoms with E-state index in [9.17, 15) is 0 Å². The zero-order chi connectivity index (χ0) is 11.6. The van der Waals surface area contributed by atoms with Crippen molar-refractivity contribution in [3.05, 3.63) is 24.0 Å². The quantitative estimate of drug-likeness (QED) is 0.532. The predicted molar refractivity (Wildman–Crippen MR) is 66.4 cm³/mol. The number of hydrogen-bond acceptors (Lipinski definition) is 3. The van der Waals surface area contributed by atoms with Crippen LogP contribution in [0.3, 0.4) is 0 Å². The monoisotopic (exact) mass is 225 g/mol.